The van der Waals surface area contributed by atoms with E-state index in [1.807, 2.05) is 40.1 Å². The van der Waals surface area contributed by atoms with Gasteiger partial charge >= 0.3 is 51.4 Å². The van der Waals surface area contributed by atoms with Crippen LogP contribution < -0.4 is 61.2 Å². The van der Waals surface area contributed by atoms with Crippen LogP contribution in [0.5, 0.6) is 0 Å². The fourth-order valence-corrected chi connectivity index (χ4v) is 2.39. The Hall–Kier alpha value is 0.996. The molecule has 4 heteroatoms. The van der Waals surface area contributed by atoms with Crippen LogP contribution in [0.3, 0.4) is 0 Å². The second kappa shape index (κ2) is 13.4. The van der Waals surface area contributed by atoms with E-state index in [0.29, 0.717) is 0 Å². The molecule has 3 fully saturated rings. The van der Waals surface area contributed by atoms with Crippen molar-refractivity contribution in [1.29, 1.82) is 0 Å². The first-order chi connectivity index (χ1) is 9.61. The zero-order chi connectivity index (χ0) is 14.8. The Morgan fingerprint density at radius 2 is 1.24 bits per heavy atom. The van der Waals surface area contributed by atoms with Gasteiger partial charge in [-0.3, -0.25) is 0 Å². The SMILES string of the molecule is C1C[NH+]2CC[NH+]1CC2.CCC(C)C.[K+].[S-]c1ccccc1. The summed E-state index contributed by atoms with van der Waals surface area (Å²) < 4.78 is 0. The van der Waals surface area contributed by atoms with Crippen molar-refractivity contribution in [2.24, 2.45) is 5.92 Å². The zero-order valence-electron chi connectivity index (χ0n) is 14.3. The van der Waals surface area contributed by atoms with Crippen molar-refractivity contribution in [2.75, 3.05) is 39.3 Å². The number of quaternary nitrogens is 2. The van der Waals surface area contributed by atoms with Gasteiger partial charge in [0.15, 0.2) is 0 Å². The van der Waals surface area contributed by atoms with E-state index >= 15 is 0 Å². The molecule has 0 amide bonds. The Bertz CT molecular complexity index is 315. The number of fused-ring (bicyclic) bond motifs is 3. The van der Waals surface area contributed by atoms with Crippen molar-refractivity contribution in [3.05, 3.63) is 30.3 Å². The molecular formula is C17H31KN2S+2. The maximum absolute atomic E-state index is 4.81. The Morgan fingerprint density at radius 3 is 1.38 bits per heavy atom. The number of nitrogens with one attached hydrogen (secondary N) is 2. The van der Waals surface area contributed by atoms with Gasteiger partial charge < -0.3 is 22.4 Å². The molecule has 4 rings (SSSR count). The molecule has 0 atom stereocenters. The van der Waals surface area contributed by atoms with E-state index in [1.54, 1.807) is 0 Å². The zero-order valence-corrected chi connectivity index (χ0v) is 18.3. The summed E-state index contributed by atoms with van der Waals surface area (Å²) in [5, 5.41) is 0. The van der Waals surface area contributed by atoms with Gasteiger partial charge in [-0.1, -0.05) is 57.5 Å². The first-order valence-electron chi connectivity index (χ1n) is 8.01. The molecule has 0 saturated carbocycles. The Morgan fingerprint density at radius 1 is 0.905 bits per heavy atom. The van der Waals surface area contributed by atoms with Crippen LogP contribution >= 0.6 is 0 Å². The molecule has 0 aromatic heterocycles. The third kappa shape index (κ3) is 11.2. The molecular weight excluding hydrogens is 303 g/mol. The van der Waals surface area contributed by atoms with Crippen molar-refractivity contribution in [2.45, 2.75) is 32.1 Å². The van der Waals surface area contributed by atoms with Gasteiger partial charge in [-0.25, -0.2) is 0 Å². The van der Waals surface area contributed by atoms with Gasteiger partial charge in [0.1, 0.15) is 39.3 Å². The Balaban J connectivity index is 0.000000288. The minimum absolute atomic E-state index is 0. The summed E-state index contributed by atoms with van der Waals surface area (Å²) in [7, 11) is 0. The first-order valence-corrected chi connectivity index (χ1v) is 8.41. The molecule has 0 radical (unpaired) electrons. The number of piperazine rings is 3. The molecule has 3 saturated heterocycles. The van der Waals surface area contributed by atoms with Crippen LogP contribution in [-0.4, -0.2) is 39.3 Å². The Kier molecular flexibility index (Phi) is 14.1. The smallest absolute Gasteiger partial charge is 0.780 e. The van der Waals surface area contributed by atoms with Crippen molar-refractivity contribution < 1.29 is 61.2 Å². The van der Waals surface area contributed by atoms with Crippen LogP contribution in [0.1, 0.15) is 27.2 Å². The van der Waals surface area contributed by atoms with E-state index in [9.17, 15) is 0 Å². The molecule has 1 aromatic rings. The standard InChI is InChI=1S/C6H12N2.C6H6S.C5H12.K/c1-2-8-5-3-7(1)4-6-8;7-6-4-2-1-3-5-6;1-4-5(2)3;/h1-6H2;1-5,7H;5H,4H2,1-3H3;/q;;;+1/p+1. The van der Waals surface area contributed by atoms with Crippen molar-refractivity contribution in [3.63, 3.8) is 0 Å². The molecule has 0 aliphatic carbocycles. The van der Waals surface area contributed by atoms with E-state index in [4.69, 9.17) is 12.6 Å². The summed E-state index contributed by atoms with van der Waals surface area (Å²) in [6.45, 7) is 15.3. The normalized spacial score (nSPS) is 22.3. The largest absolute Gasteiger partial charge is 1.00 e. The quantitative estimate of drug-likeness (QED) is 0.424. The molecule has 114 valence electrons. The summed E-state index contributed by atoms with van der Waals surface area (Å²) in [5.41, 5.74) is 0. The second-order valence-electron chi connectivity index (χ2n) is 6.12. The van der Waals surface area contributed by atoms with Gasteiger partial charge in [0.25, 0.3) is 0 Å². The molecule has 3 aliphatic rings. The molecule has 0 spiro atoms. The van der Waals surface area contributed by atoms with Crippen molar-refractivity contribution >= 4 is 12.6 Å². The van der Waals surface area contributed by atoms with E-state index in [2.05, 4.69) is 20.8 Å². The molecule has 3 heterocycles. The van der Waals surface area contributed by atoms with Crippen LogP contribution in [0.15, 0.2) is 35.2 Å². The number of hydrogen-bond acceptors (Lipinski definition) is 1. The predicted octanol–water partition coefficient (Wildman–Crippen LogP) is -2.57. The van der Waals surface area contributed by atoms with Gasteiger partial charge in [-0.2, -0.15) is 4.90 Å². The minimum atomic E-state index is 0. The number of benzene rings is 1. The van der Waals surface area contributed by atoms with E-state index in [0.717, 1.165) is 10.8 Å². The van der Waals surface area contributed by atoms with E-state index in [-0.39, 0.29) is 51.4 Å². The average Bonchev–Trinajstić information content (AvgIpc) is 2.51. The average molecular weight is 335 g/mol. The molecule has 0 unspecified atom stereocenters. The summed E-state index contributed by atoms with van der Waals surface area (Å²) >= 11 is 4.81. The summed E-state index contributed by atoms with van der Waals surface area (Å²) in [4.78, 5) is 4.60. The monoisotopic (exact) mass is 334 g/mol. The van der Waals surface area contributed by atoms with E-state index in [1.165, 1.54) is 45.7 Å². The molecule has 2 nitrogen and oxygen atoms in total. The number of hydrogen-bond donors (Lipinski definition) is 2. The molecule has 3 aliphatic heterocycles. The summed E-state index contributed by atoms with van der Waals surface area (Å²) in [6, 6.07) is 9.62. The van der Waals surface area contributed by atoms with Gasteiger partial charge in [0.2, 0.25) is 0 Å². The third-order valence-electron chi connectivity index (χ3n) is 4.06. The first kappa shape index (κ1) is 22.0. The van der Waals surface area contributed by atoms with Crippen molar-refractivity contribution in [1.82, 2.24) is 0 Å². The molecule has 1 aromatic carbocycles. The van der Waals surface area contributed by atoms with Crippen molar-refractivity contribution in [3.8, 4) is 0 Å². The minimum Gasteiger partial charge on any atom is -0.780 e. The maximum Gasteiger partial charge on any atom is 1.00 e. The van der Waals surface area contributed by atoms with Gasteiger partial charge in [0.05, 0.1) is 0 Å². The van der Waals surface area contributed by atoms with E-state index < -0.39 is 0 Å². The third-order valence-corrected chi connectivity index (χ3v) is 4.33. The van der Waals surface area contributed by atoms with Crippen LogP contribution in [-0.2, 0) is 12.6 Å². The van der Waals surface area contributed by atoms with Crippen LogP contribution in [0, 0.1) is 5.92 Å². The summed E-state index contributed by atoms with van der Waals surface area (Å²) in [6.07, 6.45) is 1.31. The van der Waals surface area contributed by atoms with Gasteiger partial charge in [0, 0.05) is 0 Å². The molecule has 2 N–H and O–H groups in total. The van der Waals surface area contributed by atoms with Crippen LogP contribution in [0.2, 0.25) is 0 Å². The number of rotatable bonds is 1. The fourth-order valence-electron chi connectivity index (χ4n) is 2.23. The molecule has 21 heavy (non-hydrogen) atoms. The predicted molar refractivity (Wildman–Crippen MR) is 88.3 cm³/mol. The Labute approximate surface area is 179 Å². The summed E-state index contributed by atoms with van der Waals surface area (Å²) in [5.74, 6) is 0.884. The fraction of sp³-hybridized carbons (Fsp3) is 0.647. The second-order valence-corrected chi connectivity index (χ2v) is 6.59. The van der Waals surface area contributed by atoms with Gasteiger partial charge in [-0.15, -0.1) is 0 Å². The topological polar surface area (TPSA) is 8.88 Å². The van der Waals surface area contributed by atoms with Gasteiger partial charge in [-0.05, 0) is 5.92 Å². The molecule has 2 bridgehead atoms. The van der Waals surface area contributed by atoms with Crippen LogP contribution in [0.4, 0.5) is 0 Å². The van der Waals surface area contributed by atoms with Crippen LogP contribution in [0.25, 0.3) is 0 Å². The maximum atomic E-state index is 4.81.